The predicted octanol–water partition coefficient (Wildman–Crippen LogP) is 6.39. The van der Waals surface area contributed by atoms with Gasteiger partial charge in [0.2, 0.25) is 0 Å². The number of anilines is 1. The van der Waals surface area contributed by atoms with Gasteiger partial charge in [0.05, 0.1) is 12.2 Å². The summed E-state index contributed by atoms with van der Waals surface area (Å²) >= 11 is 0. The van der Waals surface area contributed by atoms with Crippen LogP contribution in [0.1, 0.15) is 53.5 Å². The average Bonchev–Trinajstić information content (AvgIpc) is 3.26. The van der Waals surface area contributed by atoms with Crippen LogP contribution in [0.4, 0.5) is 14.5 Å². The van der Waals surface area contributed by atoms with Crippen LogP contribution in [0.5, 0.6) is 5.75 Å². The normalized spacial score (nSPS) is 17.8. The number of hydrogen-bond acceptors (Lipinski definition) is 4. The number of benzene rings is 3. The molecular formula is C31H31F2N3O. The molecule has 3 aromatic rings. The predicted molar refractivity (Wildman–Crippen MR) is 143 cm³/mol. The van der Waals surface area contributed by atoms with Crippen molar-refractivity contribution in [2.75, 3.05) is 32.0 Å². The van der Waals surface area contributed by atoms with Gasteiger partial charge in [-0.3, -0.25) is 9.29 Å². The summed E-state index contributed by atoms with van der Waals surface area (Å²) in [5.74, 6) is 0.299. The molecule has 0 spiro atoms. The molecule has 0 amide bonds. The molecule has 1 fully saturated rings. The maximum atomic E-state index is 14.6. The number of alkyl halides is 1. The Morgan fingerprint density at radius 1 is 1.03 bits per heavy atom. The largest absolute Gasteiger partial charge is 0.489 e. The lowest BCUT2D eigenvalue weighted by Crippen LogP contribution is -2.26. The van der Waals surface area contributed by atoms with Gasteiger partial charge >= 0.3 is 0 Å². The summed E-state index contributed by atoms with van der Waals surface area (Å²) in [6, 6.07) is 20.9. The van der Waals surface area contributed by atoms with E-state index in [4.69, 9.17) is 10.5 Å². The molecule has 1 aliphatic carbocycles. The maximum absolute atomic E-state index is 14.6. The van der Waals surface area contributed by atoms with Gasteiger partial charge in [0.15, 0.2) is 0 Å². The molecule has 2 N–H and O–H groups in total. The number of aryl methyl sites for hydroxylation is 1. The first-order valence-corrected chi connectivity index (χ1v) is 12.9. The quantitative estimate of drug-likeness (QED) is 0.383. The highest BCUT2D eigenvalue weighted by Gasteiger charge is 2.24. The Balaban J connectivity index is 1.49. The minimum Gasteiger partial charge on any atom is -0.489 e. The molecular weight excluding hydrogens is 468 g/mol. The summed E-state index contributed by atoms with van der Waals surface area (Å²) in [5.41, 5.74) is 13.1. The zero-order chi connectivity index (χ0) is 25.8. The van der Waals surface area contributed by atoms with Gasteiger partial charge in [-0.2, -0.15) is 5.26 Å². The van der Waals surface area contributed by atoms with Crippen LogP contribution in [0.3, 0.4) is 0 Å². The highest BCUT2D eigenvalue weighted by Crippen LogP contribution is 2.41. The van der Waals surface area contributed by atoms with Crippen LogP contribution in [0, 0.1) is 17.1 Å². The van der Waals surface area contributed by atoms with E-state index in [-0.39, 0.29) is 18.3 Å². The van der Waals surface area contributed by atoms with Crippen molar-refractivity contribution in [1.82, 2.24) is 4.90 Å². The minimum absolute atomic E-state index is 0.0457. The summed E-state index contributed by atoms with van der Waals surface area (Å²) in [4.78, 5) is 2.25. The van der Waals surface area contributed by atoms with Gasteiger partial charge in [-0.15, -0.1) is 0 Å². The molecule has 1 atom stereocenters. The first kappa shape index (κ1) is 25.0. The Morgan fingerprint density at radius 3 is 2.59 bits per heavy atom. The van der Waals surface area contributed by atoms with E-state index >= 15 is 0 Å². The van der Waals surface area contributed by atoms with Crippen LogP contribution in [-0.2, 0) is 6.42 Å². The summed E-state index contributed by atoms with van der Waals surface area (Å²) in [6.07, 6.45) is 4.18. The number of nitrogen functional groups attached to an aromatic ring is 1. The van der Waals surface area contributed by atoms with Crippen molar-refractivity contribution in [3.05, 3.63) is 94.3 Å². The van der Waals surface area contributed by atoms with Gasteiger partial charge < -0.3 is 10.5 Å². The number of hydrogen-bond donors (Lipinski definition) is 1. The number of allylic oxidation sites excluding steroid dienone is 1. The molecule has 1 aliphatic heterocycles. The maximum Gasteiger partial charge on any atom is 0.141 e. The van der Waals surface area contributed by atoms with Crippen LogP contribution < -0.4 is 10.5 Å². The van der Waals surface area contributed by atoms with Crippen molar-refractivity contribution in [1.29, 1.82) is 5.26 Å². The third kappa shape index (κ3) is 5.52. The third-order valence-electron chi connectivity index (χ3n) is 7.29. The molecule has 4 nitrogen and oxygen atoms in total. The molecule has 3 aromatic carbocycles. The van der Waals surface area contributed by atoms with Crippen molar-refractivity contribution < 1.29 is 13.5 Å². The average molecular weight is 500 g/mol. The second kappa shape index (κ2) is 11.1. The second-order valence-corrected chi connectivity index (χ2v) is 9.83. The van der Waals surface area contributed by atoms with Crippen molar-refractivity contribution in [2.45, 2.75) is 38.2 Å². The van der Waals surface area contributed by atoms with E-state index < -0.39 is 5.82 Å². The standard InChI is InChI=1S/C31H31F2N3O/c32-14-2-15-36-16-13-27(20-36)37-26-10-7-21(8-11-26)31-28(23-5-6-24(19-34)30(33)18-23)4-1-3-22-17-25(35)9-12-29(22)31/h5-12,17-18,27H,1-4,13-16,20,35H2. The summed E-state index contributed by atoms with van der Waals surface area (Å²) in [6.45, 7) is 2.23. The van der Waals surface area contributed by atoms with Gasteiger partial charge in [-0.25, -0.2) is 4.39 Å². The second-order valence-electron chi connectivity index (χ2n) is 9.83. The van der Waals surface area contributed by atoms with E-state index in [1.54, 1.807) is 6.07 Å². The zero-order valence-corrected chi connectivity index (χ0v) is 20.9. The number of fused-ring (bicyclic) bond motifs is 1. The van der Waals surface area contributed by atoms with E-state index in [0.29, 0.717) is 6.42 Å². The van der Waals surface area contributed by atoms with Crippen molar-refractivity contribution in [2.24, 2.45) is 0 Å². The van der Waals surface area contributed by atoms with Gasteiger partial charge in [-0.1, -0.05) is 24.3 Å². The molecule has 5 rings (SSSR count). The molecule has 1 saturated heterocycles. The fraction of sp³-hybridized carbons (Fsp3) is 0.323. The van der Waals surface area contributed by atoms with Crippen molar-refractivity contribution >= 4 is 16.8 Å². The Hall–Kier alpha value is -3.69. The fourth-order valence-corrected chi connectivity index (χ4v) is 5.49. The van der Waals surface area contributed by atoms with Gasteiger partial charge in [-0.05, 0) is 102 Å². The van der Waals surface area contributed by atoms with E-state index in [9.17, 15) is 14.0 Å². The number of nitrogens with two attached hydrogens (primary N) is 1. The SMILES string of the molecule is N#Cc1ccc(C2=C(c3ccc(OC4CCN(CCCF)C4)cc3)c3ccc(N)cc3CCC2)cc1F. The smallest absolute Gasteiger partial charge is 0.141 e. The van der Waals surface area contributed by atoms with Crippen LogP contribution >= 0.6 is 0 Å². The van der Waals surface area contributed by atoms with E-state index in [2.05, 4.69) is 23.1 Å². The Bertz CT molecular complexity index is 1340. The molecule has 1 unspecified atom stereocenters. The number of ether oxygens (including phenoxy) is 1. The molecule has 1 heterocycles. The zero-order valence-electron chi connectivity index (χ0n) is 20.9. The molecule has 0 aromatic heterocycles. The monoisotopic (exact) mass is 499 g/mol. The molecule has 2 aliphatic rings. The van der Waals surface area contributed by atoms with E-state index in [1.807, 2.05) is 36.4 Å². The van der Waals surface area contributed by atoms with Gasteiger partial charge in [0.25, 0.3) is 0 Å². The number of nitrogens with zero attached hydrogens (tertiary/aromatic N) is 2. The number of nitriles is 1. The number of rotatable bonds is 7. The van der Waals surface area contributed by atoms with Crippen LogP contribution in [0.15, 0.2) is 60.7 Å². The highest BCUT2D eigenvalue weighted by atomic mass is 19.1. The lowest BCUT2D eigenvalue weighted by molar-refractivity contribution is 0.198. The Kier molecular flexibility index (Phi) is 7.52. The van der Waals surface area contributed by atoms with Crippen molar-refractivity contribution in [3.8, 4) is 11.8 Å². The van der Waals surface area contributed by atoms with Crippen molar-refractivity contribution in [3.63, 3.8) is 0 Å². The number of likely N-dealkylation sites (tertiary alicyclic amines) is 1. The number of halogens is 2. The first-order valence-electron chi connectivity index (χ1n) is 12.9. The van der Waals surface area contributed by atoms with Crippen LogP contribution in [0.2, 0.25) is 0 Å². The fourth-order valence-electron chi connectivity index (χ4n) is 5.49. The topological polar surface area (TPSA) is 62.3 Å². The lowest BCUT2D eigenvalue weighted by Gasteiger charge is -2.19. The van der Waals surface area contributed by atoms with Gasteiger partial charge in [0.1, 0.15) is 23.7 Å². The van der Waals surface area contributed by atoms with E-state index in [1.165, 1.54) is 11.6 Å². The minimum atomic E-state index is -0.505. The molecule has 0 radical (unpaired) electrons. The first-order chi connectivity index (χ1) is 18.1. The van der Waals surface area contributed by atoms with Crippen LogP contribution in [0.25, 0.3) is 11.1 Å². The molecule has 190 valence electrons. The Morgan fingerprint density at radius 2 is 1.84 bits per heavy atom. The highest BCUT2D eigenvalue weighted by molar-refractivity contribution is 6.00. The molecule has 6 heteroatoms. The summed E-state index contributed by atoms with van der Waals surface area (Å²) in [5, 5.41) is 9.19. The van der Waals surface area contributed by atoms with Crippen LogP contribution in [-0.4, -0.2) is 37.3 Å². The molecule has 37 heavy (non-hydrogen) atoms. The van der Waals surface area contributed by atoms with Gasteiger partial charge in [0, 0.05) is 25.3 Å². The molecule has 0 saturated carbocycles. The molecule has 0 bridgehead atoms. The lowest BCUT2D eigenvalue weighted by atomic mass is 9.87. The summed E-state index contributed by atoms with van der Waals surface area (Å²) < 4.78 is 33.4. The van der Waals surface area contributed by atoms with E-state index in [0.717, 1.165) is 84.6 Å². The third-order valence-corrected chi connectivity index (χ3v) is 7.29. The summed E-state index contributed by atoms with van der Waals surface area (Å²) in [7, 11) is 0. The Labute approximate surface area is 217 Å².